The molecule has 1 amide bonds. The number of thiazole rings is 1. The molecule has 94 valence electrons. The lowest BCUT2D eigenvalue weighted by Gasteiger charge is -2.04. The lowest BCUT2D eigenvalue weighted by atomic mass is 10.2. The van der Waals surface area contributed by atoms with Crippen molar-refractivity contribution in [1.82, 2.24) is 19.7 Å². The van der Waals surface area contributed by atoms with E-state index in [1.54, 1.807) is 21.4 Å². The largest absolute Gasteiger partial charge is 0.300 e. The first-order valence-corrected chi connectivity index (χ1v) is 6.65. The molecule has 1 saturated carbocycles. The summed E-state index contributed by atoms with van der Waals surface area (Å²) in [5, 5.41) is 10.6. The molecule has 0 atom stereocenters. The fraction of sp³-hybridized carbons (Fsp3) is 0.455. The molecule has 1 fully saturated rings. The summed E-state index contributed by atoms with van der Waals surface area (Å²) in [5.41, 5.74) is 2.26. The van der Waals surface area contributed by atoms with Crippen LogP contribution >= 0.6 is 11.3 Å². The van der Waals surface area contributed by atoms with Crippen LogP contribution in [0, 0.1) is 6.92 Å². The molecule has 2 heterocycles. The third kappa shape index (κ3) is 1.90. The number of amides is 1. The van der Waals surface area contributed by atoms with Gasteiger partial charge in [-0.15, -0.1) is 21.5 Å². The molecule has 0 aromatic carbocycles. The zero-order chi connectivity index (χ0) is 12.7. The highest BCUT2D eigenvalue weighted by molar-refractivity contribution is 7.10. The van der Waals surface area contributed by atoms with Gasteiger partial charge in [0.05, 0.1) is 5.51 Å². The molecular formula is C11H13N5OS. The number of hydrogen-bond donors (Lipinski definition) is 1. The van der Waals surface area contributed by atoms with Crippen LogP contribution < -0.4 is 5.32 Å². The van der Waals surface area contributed by atoms with Crippen molar-refractivity contribution in [3.8, 4) is 0 Å². The smallest absolute Gasteiger partial charge is 0.277 e. The summed E-state index contributed by atoms with van der Waals surface area (Å²) in [4.78, 5) is 17.4. The first-order chi connectivity index (χ1) is 8.66. The number of rotatable bonds is 3. The van der Waals surface area contributed by atoms with Gasteiger partial charge in [-0.25, -0.2) is 4.98 Å². The van der Waals surface area contributed by atoms with Gasteiger partial charge in [0.15, 0.2) is 0 Å². The lowest BCUT2D eigenvalue weighted by Crippen LogP contribution is -2.17. The van der Waals surface area contributed by atoms with Crippen LogP contribution in [0.3, 0.4) is 0 Å². The Balaban J connectivity index is 1.82. The molecule has 18 heavy (non-hydrogen) atoms. The predicted molar refractivity (Wildman–Crippen MR) is 67.8 cm³/mol. The Morgan fingerprint density at radius 2 is 2.28 bits per heavy atom. The lowest BCUT2D eigenvalue weighted by molar-refractivity contribution is 0.102. The maximum Gasteiger partial charge on any atom is 0.277 e. The molecule has 1 aliphatic carbocycles. The Bertz CT molecular complexity index is 598. The van der Waals surface area contributed by atoms with Crippen LogP contribution in [0.5, 0.6) is 0 Å². The highest BCUT2D eigenvalue weighted by Gasteiger charge is 2.30. The van der Waals surface area contributed by atoms with Gasteiger partial charge in [-0.05, 0) is 25.7 Å². The Hall–Kier alpha value is -1.76. The van der Waals surface area contributed by atoms with E-state index in [4.69, 9.17) is 0 Å². The molecule has 0 aliphatic heterocycles. The summed E-state index contributed by atoms with van der Waals surface area (Å²) >= 11 is 1.55. The van der Waals surface area contributed by atoms with Crippen molar-refractivity contribution >= 4 is 23.2 Å². The summed E-state index contributed by atoms with van der Waals surface area (Å²) in [6.07, 6.45) is 2.32. The van der Waals surface area contributed by atoms with E-state index in [9.17, 15) is 4.79 Å². The number of carbonyl (C=O) groups is 1. The van der Waals surface area contributed by atoms with E-state index in [2.05, 4.69) is 20.5 Å². The van der Waals surface area contributed by atoms with Gasteiger partial charge in [0, 0.05) is 11.9 Å². The Morgan fingerprint density at radius 3 is 2.89 bits per heavy atom. The Labute approximate surface area is 108 Å². The van der Waals surface area contributed by atoms with Crippen molar-refractivity contribution in [2.24, 2.45) is 7.05 Å². The molecule has 0 bridgehead atoms. The van der Waals surface area contributed by atoms with Gasteiger partial charge in [0.25, 0.3) is 5.91 Å². The molecule has 6 nitrogen and oxygen atoms in total. The minimum Gasteiger partial charge on any atom is -0.300 e. The second kappa shape index (κ2) is 4.16. The van der Waals surface area contributed by atoms with Crippen LogP contribution in [0.1, 0.15) is 39.9 Å². The van der Waals surface area contributed by atoms with Gasteiger partial charge in [-0.3, -0.25) is 10.1 Å². The van der Waals surface area contributed by atoms with Crippen molar-refractivity contribution in [1.29, 1.82) is 0 Å². The van der Waals surface area contributed by atoms with E-state index < -0.39 is 0 Å². The fourth-order valence-electron chi connectivity index (χ4n) is 1.74. The molecule has 2 aromatic heterocycles. The van der Waals surface area contributed by atoms with Crippen LogP contribution in [-0.4, -0.2) is 25.7 Å². The standard InChI is InChI=1S/C11H13N5OS/c1-6-14-15-11(16(6)2)13-10(17)8-9(7-3-4-7)18-5-12-8/h5,7H,3-4H2,1-2H3,(H,13,15,17). The van der Waals surface area contributed by atoms with E-state index in [0.29, 0.717) is 17.6 Å². The summed E-state index contributed by atoms with van der Waals surface area (Å²) in [5.74, 6) is 1.53. The number of hydrogen-bond acceptors (Lipinski definition) is 5. The van der Waals surface area contributed by atoms with Gasteiger partial charge < -0.3 is 4.57 Å². The van der Waals surface area contributed by atoms with Crippen molar-refractivity contribution in [3.63, 3.8) is 0 Å². The van der Waals surface area contributed by atoms with E-state index in [-0.39, 0.29) is 5.91 Å². The normalized spacial score (nSPS) is 14.8. The number of nitrogens with zero attached hydrogens (tertiary/aromatic N) is 4. The van der Waals surface area contributed by atoms with Crippen LogP contribution in [-0.2, 0) is 7.05 Å². The van der Waals surface area contributed by atoms with E-state index in [1.807, 2.05) is 14.0 Å². The summed E-state index contributed by atoms with van der Waals surface area (Å²) in [7, 11) is 1.81. The average molecular weight is 263 g/mol. The summed E-state index contributed by atoms with van der Waals surface area (Å²) in [6, 6.07) is 0. The third-order valence-electron chi connectivity index (χ3n) is 3.08. The molecule has 0 unspecified atom stereocenters. The average Bonchev–Trinajstić information content (AvgIpc) is 3.01. The van der Waals surface area contributed by atoms with Crippen molar-refractivity contribution in [2.75, 3.05) is 5.32 Å². The van der Waals surface area contributed by atoms with E-state index in [0.717, 1.165) is 23.5 Å². The zero-order valence-corrected chi connectivity index (χ0v) is 11.0. The first-order valence-electron chi connectivity index (χ1n) is 5.77. The Morgan fingerprint density at radius 1 is 1.50 bits per heavy atom. The van der Waals surface area contributed by atoms with E-state index in [1.165, 1.54) is 0 Å². The van der Waals surface area contributed by atoms with E-state index >= 15 is 0 Å². The highest BCUT2D eigenvalue weighted by atomic mass is 32.1. The molecule has 3 rings (SSSR count). The predicted octanol–water partition coefficient (Wildman–Crippen LogP) is 1.71. The third-order valence-corrected chi connectivity index (χ3v) is 4.07. The first kappa shape index (κ1) is 11.3. The van der Waals surface area contributed by atoms with Crippen LogP contribution in [0.25, 0.3) is 0 Å². The van der Waals surface area contributed by atoms with Crippen LogP contribution in [0.2, 0.25) is 0 Å². The second-order valence-corrected chi connectivity index (χ2v) is 5.31. The molecule has 1 aliphatic rings. The van der Waals surface area contributed by atoms with Crippen LogP contribution in [0.15, 0.2) is 5.51 Å². The Kier molecular flexibility index (Phi) is 2.62. The highest BCUT2D eigenvalue weighted by Crippen LogP contribution is 2.43. The molecule has 0 spiro atoms. The molecule has 7 heteroatoms. The maximum atomic E-state index is 12.1. The molecular weight excluding hydrogens is 250 g/mol. The van der Waals surface area contributed by atoms with Crippen molar-refractivity contribution in [2.45, 2.75) is 25.7 Å². The second-order valence-electron chi connectivity index (χ2n) is 4.42. The molecule has 2 aromatic rings. The van der Waals surface area contributed by atoms with Crippen LogP contribution in [0.4, 0.5) is 5.95 Å². The number of aromatic nitrogens is 4. The van der Waals surface area contributed by atoms with Crippen molar-refractivity contribution < 1.29 is 4.79 Å². The van der Waals surface area contributed by atoms with Gasteiger partial charge >= 0.3 is 0 Å². The van der Waals surface area contributed by atoms with Gasteiger partial charge in [0.1, 0.15) is 11.5 Å². The fourth-order valence-corrected chi connectivity index (χ4v) is 2.69. The number of anilines is 1. The topological polar surface area (TPSA) is 72.7 Å². The van der Waals surface area contributed by atoms with Gasteiger partial charge in [0.2, 0.25) is 5.95 Å². The summed E-state index contributed by atoms with van der Waals surface area (Å²) < 4.78 is 1.74. The summed E-state index contributed by atoms with van der Waals surface area (Å²) in [6.45, 7) is 1.83. The molecule has 0 saturated heterocycles. The number of carbonyl (C=O) groups excluding carboxylic acids is 1. The van der Waals surface area contributed by atoms with Gasteiger partial charge in [-0.2, -0.15) is 0 Å². The SMILES string of the molecule is Cc1nnc(NC(=O)c2ncsc2C2CC2)n1C. The minimum atomic E-state index is -0.200. The quantitative estimate of drug-likeness (QED) is 0.915. The zero-order valence-electron chi connectivity index (χ0n) is 10.2. The minimum absolute atomic E-state index is 0.200. The van der Waals surface area contributed by atoms with Gasteiger partial charge in [-0.1, -0.05) is 0 Å². The number of aryl methyl sites for hydroxylation is 1. The van der Waals surface area contributed by atoms with Crippen molar-refractivity contribution in [3.05, 3.63) is 21.9 Å². The molecule has 1 N–H and O–H groups in total. The monoisotopic (exact) mass is 263 g/mol. The maximum absolute atomic E-state index is 12.1. The number of nitrogens with one attached hydrogen (secondary N) is 1. The molecule has 0 radical (unpaired) electrons.